The van der Waals surface area contributed by atoms with Crippen LogP contribution in [0.3, 0.4) is 0 Å². The van der Waals surface area contributed by atoms with Crippen LogP contribution in [0.5, 0.6) is 0 Å². The van der Waals surface area contributed by atoms with Crippen molar-refractivity contribution >= 4 is 17.3 Å². The SMILES string of the molecule is COC(=O)CNc1cncc(N)c1. The monoisotopic (exact) mass is 181 g/mol. The van der Waals surface area contributed by atoms with E-state index < -0.39 is 0 Å². The molecule has 5 heteroatoms. The van der Waals surface area contributed by atoms with Crippen molar-refractivity contribution in [3.8, 4) is 0 Å². The molecule has 0 radical (unpaired) electrons. The van der Waals surface area contributed by atoms with Gasteiger partial charge in [0.25, 0.3) is 0 Å². The van der Waals surface area contributed by atoms with E-state index in [1.165, 1.54) is 13.3 Å². The van der Waals surface area contributed by atoms with Gasteiger partial charge in [-0.05, 0) is 6.07 Å². The van der Waals surface area contributed by atoms with Gasteiger partial charge in [0.15, 0.2) is 0 Å². The van der Waals surface area contributed by atoms with Crippen molar-refractivity contribution in [3.63, 3.8) is 0 Å². The number of rotatable bonds is 3. The fourth-order valence-corrected chi connectivity index (χ4v) is 0.801. The number of aromatic nitrogens is 1. The molecule has 70 valence electrons. The molecule has 1 heterocycles. The molecule has 0 saturated heterocycles. The molecule has 0 unspecified atom stereocenters. The number of ether oxygens (including phenoxy) is 1. The molecule has 0 aliphatic heterocycles. The third-order valence-electron chi connectivity index (χ3n) is 1.42. The molecule has 0 aromatic carbocycles. The minimum absolute atomic E-state index is 0.113. The van der Waals surface area contributed by atoms with Crippen LogP contribution in [0.1, 0.15) is 0 Å². The van der Waals surface area contributed by atoms with Crippen molar-refractivity contribution in [1.29, 1.82) is 0 Å². The second kappa shape index (κ2) is 4.30. The third kappa shape index (κ3) is 2.98. The van der Waals surface area contributed by atoms with E-state index in [0.717, 1.165) is 0 Å². The van der Waals surface area contributed by atoms with Crippen molar-refractivity contribution in [2.45, 2.75) is 0 Å². The van der Waals surface area contributed by atoms with Crippen molar-refractivity contribution in [2.24, 2.45) is 0 Å². The molecule has 1 rings (SSSR count). The van der Waals surface area contributed by atoms with Crippen LogP contribution in [-0.2, 0) is 9.53 Å². The summed E-state index contributed by atoms with van der Waals surface area (Å²) in [5, 5.41) is 2.82. The van der Waals surface area contributed by atoms with E-state index in [2.05, 4.69) is 15.0 Å². The van der Waals surface area contributed by atoms with E-state index in [0.29, 0.717) is 11.4 Å². The minimum atomic E-state index is -0.331. The van der Waals surface area contributed by atoms with Crippen molar-refractivity contribution < 1.29 is 9.53 Å². The van der Waals surface area contributed by atoms with E-state index in [1.54, 1.807) is 12.3 Å². The Kier molecular flexibility index (Phi) is 3.08. The van der Waals surface area contributed by atoms with Crippen LogP contribution < -0.4 is 11.1 Å². The standard InChI is InChI=1S/C8H11N3O2/c1-13-8(12)5-11-7-2-6(9)3-10-4-7/h2-4,11H,5,9H2,1H3. The van der Waals surface area contributed by atoms with Gasteiger partial charge >= 0.3 is 5.97 Å². The van der Waals surface area contributed by atoms with Crippen LogP contribution in [0, 0.1) is 0 Å². The molecule has 3 N–H and O–H groups in total. The van der Waals surface area contributed by atoms with E-state index in [9.17, 15) is 4.79 Å². The molecular formula is C8H11N3O2. The molecule has 5 nitrogen and oxygen atoms in total. The van der Waals surface area contributed by atoms with Crippen LogP contribution >= 0.6 is 0 Å². The fourth-order valence-electron chi connectivity index (χ4n) is 0.801. The number of esters is 1. The summed E-state index contributed by atoms with van der Waals surface area (Å²) in [7, 11) is 1.33. The molecule has 0 aliphatic rings. The maximum atomic E-state index is 10.7. The fraction of sp³-hybridized carbons (Fsp3) is 0.250. The summed E-state index contributed by atoms with van der Waals surface area (Å²) in [6.45, 7) is 0.113. The Balaban J connectivity index is 2.50. The number of hydrogen-bond acceptors (Lipinski definition) is 5. The zero-order valence-corrected chi connectivity index (χ0v) is 7.28. The molecule has 0 amide bonds. The molecule has 1 aromatic heterocycles. The third-order valence-corrected chi connectivity index (χ3v) is 1.42. The lowest BCUT2D eigenvalue weighted by molar-refractivity contribution is -0.138. The first-order chi connectivity index (χ1) is 6.22. The van der Waals surface area contributed by atoms with E-state index >= 15 is 0 Å². The number of nitrogens with zero attached hydrogens (tertiary/aromatic N) is 1. The Morgan fingerprint density at radius 3 is 3.08 bits per heavy atom. The van der Waals surface area contributed by atoms with Crippen molar-refractivity contribution in [1.82, 2.24) is 4.98 Å². The number of methoxy groups -OCH3 is 1. The smallest absolute Gasteiger partial charge is 0.325 e. The van der Waals surface area contributed by atoms with Gasteiger partial charge in [-0.1, -0.05) is 0 Å². The van der Waals surface area contributed by atoms with E-state index in [4.69, 9.17) is 5.73 Å². The van der Waals surface area contributed by atoms with Gasteiger partial charge in [-0.15, -0.1) is 0 Å². The molecule has 0 atom stereocenters. The zero-order chi connectivity index (χ0) is 9.68. The van der Waals surface area contributed by atoms with Gasteiger partial charge in [0, 0.05) is 6.20 Å². The Hall–Kier alpha value is -1.78. The molecule has 13 heavy (non-hydrogen) atoms. The molecular weight excluding hydrogens is 170 g/mol. The summed E-state index contributed by atoms with van der Waals surface area (Å²) < 4.78 is 4.45. The lowest BCUT2D eigenvalue weighted by atomic mass is 10.4. The maximum Gasteiger partial charge on any atom is 0.325 e. The molecule has 0 aliphatic carbocycles. The first-order valence-corrected chi connectivity index (χ1v) is 3.73. The predicted molar refractivity (Wildman–Crippen MR) is 49.2 cm³/mol. The van der Waals surface area contributed by atoms with Gasteiger partial charge in [0.2, 0.25) is 0 Å². The van der Waals surface area contributed by atoms with Gasteiger partial charge in [-0.3, -0.25) is 9.78 Å². The highest BCUT2D eigenvalue weighted by Gasteiger charge is 1.99. The predicted octanol–water partition coefficient (Wildman–Crippen LogP) is 0.249. The Labute approximate surface area is 75.9 Å². The molecule has 1 aromatic rings. The topological polar surface area (TPSA) is 77.2 Å². The first kappa shape index (κ1) is 9.31. The van der Waals surface area contributed by atoms with Crippen LogP contribution in [0.2, 0.25) is 0 Å². The molecule has 0 fully saturated rings. The van der Waals surface area contributed by atoms with Crippen LogP contribution in [0.25, 0.3) is 0 Å². The van der Waals surface area contributed by atoms with E-state index in [-0.39, 0.29) is 12.5 Å². The van der Waals surface area contributed by atoms with Crippen molar-refractivity contribution in [3.05, 3.63) is 18.5 Å². The minimum Gasteiger partial charge on any atom is -0.468 e. The summed E-state index contributed by atoms with van der Waals surface area (Å²) in [6, 6.07) is 1.69. The second-order valence-corrected chi connectivity index (χ2v) is 2.44. The Bertz CT molecular complexity index is 301. The number of hydrogen-bond donors (Lipinski definition) is 2. The highest BCUT2D eigenvalue weighted by atomic mass is 16.5. The van der Waals surface area contributed by atoms with Gasteiger partial charge in [-0.2, -0.15) is 0 Å². The largest absolute Gasteiger partial charge is 0.468 e. The highest BCUT2D eigenvalue weighted by molar-refractivity contribution is 5.74. The summed E-state index contributed by atoms with van der Waals surface area (Å²) >= 11 is 0. The number of anilines is 2. The molecule has 0 saturated carbocycles. The number of nitrogens with two attached hydrogens (primary N) is 1. The van der Waals surface area contributed by atoms with Crippen molar-refractivity contribution in [2.75, 3.05) is 24.7 Å². The maximum absolute atomic E-state index is 10.7. The average Bonchev–Trinajstić information content (AvgIpc) is 2.14. The lowest BCUT2D eigenvalue weighted by Gasteiger charge is -2.04. The first-order valence-electron chi connectivity index (χ1n) is 3.73. The molecule has 0 spiro atoms. The Morgan fingerprint density at radius 1 is 1.69 bits per heavy atom. The number of nitrogen functional groups attached to an aromatic ring is 1. The quantitative estimate of drug-likeness (QED) is 0.653. The average molecular weight is 181 g/mol. The normalized spacial score (nSPS) is 9.31. The summed E-state index contributed by atoms with van der Waals surface area (Å²) in [5.41, 5.74) is 6.73. The number of pyridine rings is 1. The summed E-state index contributed by atoms with van der Waals surface area (Å²) in [5.74, 6) is -0.331. The van der Waals surface area contributed by atoms with Gasteiger partial charge in [0.05, 0.1) is 24.7 Å². The van der Waals surface area contributed by atoms with Gasteiger partial charge in [0.1, 0.15) is 6.54 Å². The van der Waals surface area contributed by atoms with Crippen LogP contribution in [0.4, 0.5) is 11.4 Å². The Morgan fingerprint density at radius 2 is 2.46 bits per heavy atom. The van der Waals surface area contributed by atoms with Crippen LogP contribution in [0.15, 0.2) is 18.5 Å². The molecule has 0 bridgehead atoms. The van der Waals surface area contributed by atoms with Gasteiger partial charge < -0.3 is 15.8 Å². The number of carbonyl (C=O) groups excluding carboxylic acids is 1. The highest BCUT2D eigenvalue weighted by Crippen LogP contribution is 2.08. The number of carbonyl (C=O) groups is 1. The zero-order valence-electron chi connectivity index (χ0n) is 7.28. The van der Waals surface area contributed by atoms with E-state index in [1.807, 2.05) is 0 Å². The van der Waals surface area contributed by atoms with Gasteiger partial charge in [-0.25, -0.2) is 0 Å². The summed E-state index contributed by atoms with van der Waals surface area (Å²) in [6.07, 6.45) is 3.11. The summed E-state index contributed by atoms with van der Waals surface area (Å²) in [4.78, 5) is 14.6. The van der Waals surface area contributed by atoms with Crippen LogP contribution in [-0.4, -0.2) is 24.6 Å². The number of nitrogens with one attached hydrogen (secondary N) is 1. The lowest BCUT2D eigenvalue weighted by Crippen LogP contribution is -2.15. The second-order valence-electron chi connectivity index (χ2n) is 2.44.